The van der Waals surface area contributed by atoms with Crippen LogP contribution in [0.15, 0.2) is 6.20 Å². The van der Waals surface area contributed by atoms with Gasteiger partial charge in [0.2, 0.25) is 5.91 Å². The van der Waals surface area contributed by atoms with Crippen LogP contribution in [-0.4, -0.2) is 52.3 Å². The summed E-state index contributed by atoms with van der Waals surface area (Å²) in [6.07, 6.45) is -2.46. The summed E-state index contributed by atoms with van der Waals surface area (Å²) in [7, 11) is 0. The lowest BCUT2D eigenvalue weighted by molar-refractivity contribution is -0.150. The molecule has 0 aromatic carbocycles. The van der Waals surface area contributed by atoms with E-state index in [0.717, 1.165) is 0 Å². The summed E-state index contributed by atoms with van der Waals surface area (Å²) >= 11 is 0. The first kappa shape index (κ1) is 19.7. The van der Waals surface area contributed by atoms with E-state index in [4.69, 9.17) is 5.73 Å². The Bertz CT molecular complexity index is 729. The molecule has 2 heterocycles. The van der Waals surface area contributed by atoms with Crippen LogP contribution in [0.2, 0.25) is 0 Å². The van der Waals surface area contributed by atoms with E-state index in [1.54, 1.807) is 0 Å². The molecule has 0 saturated carbocycles. The molecule has 142 valence electrons. The van der Waals surface area contributed by atoms with Crippen molar-refractivity contribution >= 4 is 17.6 Å². The van der Waals surface area contributed by atoms with Crippen LogP contribution in [0.4, 0.5) is 19.0 Å². The number of nitrogens with two attached hydrogens (primary N) is 1. The zero-order valence-corrected chi connectivity index (χ0v) is 14.1. The molecule has 2 amide bonds. The third-order valence-corrected chi connectivity index (χ3v) is 4.36. The average Bonchev–Trinajstić information content (AvgIpc) is 2.92. The number of piperidine rings is 1. The summed E-state index contributed by atoms with van der Waals surface area (Å²) in [5, 5.41) is 15.8. The smallest absolute Gasteiger partial charge is 0.365 e. The van der Waals surface area contributed by atoms with Gasteiger partial charge in [-0.05, 0) is 12.8 Å². The van der Waals surface area contributed by atoms with Crippen molar-refractivity contribution in [3.63, 3.8) is 0 Å². The predicted molar refractivity (Wildman–Crippen MR) is 85.0 cm³/mol. The average molecular weight is 372 g/mol. The van der Waals surface area contributed by atoms with E-state index in [1.165, 1.54) is 22.7 Å². The number of primary amides is 1. The second-order valence-electron chi connectivity index (χ2n) is 6.33. The number of amides is 2. The standard InChI is InChI=1S/C15H19F3N6O2/c1-10(25)21-13-11(12(20)26)8-24(22-13)14(2-5-19)3-6-23(7-4-14)9-15(16,17)18/h8H,2-4,6-7,9H2,1H3,(H2,20,26)(H,21,22,25). The maximum Gasteiger partial charge on any atom is 0.401 e. The number of likely N-dealkylation sites (tertiary alicyclic amines) is 1. The van der Waals surface area contributed by atoms with Crippen LogP contribution in [0.5, 0.6) is 0 Å². The number of anilines is 1. The number of nitriles is 1. The Balaban J connectivity index is 2.29. The summed E-state index contributed by atoms with van der Waals surface area (Å²) in [5.74, 6) is -1.28. The molecule has 0 spiro atoms. The summed E-state index contributed by atoms with van der Waals surface area (Å²) in [6, 6.07) is 2.03. The van der Waals surface area contributed by atoms with Crippen molar-refractivity contribution in [3.8, 4) is 6.07 Å². The zero-order chi connectivity index (χ0) is 19.5. The van der Waals surface area contributed by atoms with E-state index in [1.807, 2.05) is 6.07 Å². The van der Waals surface area contributed by atoms with Crippen LogP contribution in [0, 0.1) is 11.3 Å². The molecule has 2 rings (SSSR count). The molecule has 1 aromatic heterocycles. The van der Waals surface area contributed by atoms with Gasteiger partial charge in [-0.1, -0.05) is 0 Å². The number of aromatic nitrogens is 2. The Morgan fingerprint density at radius 3 is 2.50 bits per heavy atom. The van der Waals surface area contributed by atoms with Gasteiger partial charge in [0.05, 0.1) is 24.6 Å². The lowest BCUT2D eigenvalue weighted by Gasteiger charge is -2.40. The number of rotatable bonds is 5. The molecule has 1 aromatic rings. The minimum Gasteiger partial charge on any atom is -0.365 e. The Labute approximate surface area is 147 Å². The molecule has 0 atom stereocenters. The molecule has 3 N–H and O–H groups in total. The molecule has 8 nitrogen and oxygen atoms in total. The number of hydrogen-bond acceptors (Lipinski definition) is 5. The van der Waals surface area contributed by atoms with E-state index in [0.29, 0.717) is 0 Å². The number of carbonyl (C=O) groups is 2. The maximum atomic E-state index is 12.6. The molecule has 0 bridgehead atoms. The Kier molecular flexibility index (Phi) is 5.56. The molecule has 11 heteroatoms. The summed E-state index contributed by atoms with van der Waals surface area (Å²) < 4.78 is 39.1. The maximum absolute atomic E-state index is 12.6. The van der Waals surface area contributed by atoms with Gasteiger partial charge in [0.1, 0.15) is 5.56 Å². The van der Waals surface area contributed by atoms with Gasteiger partial charge in [-0.2, -0.15) is 23.5 Å². The highest BCUT2D eigenvalue weighted by atomic mass is 19.4. The molecular weight excluding hydrogens is 353 g/mol. The summed E-state index contributed by atoms with van der Waals surface area (Å²) in [4.78, 5) is 24.1. The Morgan fingerprint density at radius 2 is 2.04 bits per heavy atom. The van der Waals surface area contributed by atoms with E-state index >= 15 is 0 Å². The number of nitrogens with zero attached hydrogens (tertiary/aromatic N) is 4. The van der Waals surface area contributed by atoms with Crippen LogP contribution in [0.3, 0.4) is 0 Å². The number of nitrogens with one attached hydrogen (secondary N) is 1. The topological polar surface area (TPSA) is 117 Å². The molecular formula is C15H19F3N6O2. The first-order chi connectivity index (χ1) is 12.1. The van der Waals surface area contributed by atoms with Crippen molar-refractivity contribution in [1.82, 2.24) is 14.7 Å². The SMILES string of the molecule is CC(=O)Nc1nn(C2(CC#N)CCN(CC(F)(F)F)CC2)cc1C(N)=O. The van der Waals surface area contributed by atoms with Gasteiger partial charge in [0, 0.05) is 26.2 Å². The Morgan fingerprint density at radius 1 is 1.42 bits per heavy atom. The molecule has 1 aliphatic rings. The van der Waals surface area contributed by atoms with Gasteiger partial charge in [-0.3, -0.25) is 19.2 Å². The quantitative estimate of drug-likeness (QED) is 0.806. The molecule has 0 radical (unpaired) electrons. The second-order valence-corrected chi connectivity index (χ2v) is 6.33. The van der Waals surface area contributed by atoms with E-state index < -0.39 is 30.1 Å². The van der Waals surface area contributed by atoms with Gasteiger partial charge >= 0.3 is 6.18 Å². The molecule has 0 aliphatic carbocycles. The van der Waals surface area contributed by atoms with Crippen molar-refractivity contribution in [2.24, 2.45) is 5.73 Å². The lowest BCUT2D eigenvalue weighted by Crippen LogP contribution is -2.48. The highest BCUT2D eigenvalue weighted by molar-refractivity contribution is 6.01. The van der Waals surface area contributed by atoms with Gasteiger partial charge < -0.3 is 11.1 Å². The van der Waals surface area contributed by atoms with Crippen molar-refractivity contribution in [2.45, 2.75) is 37.9 Å². The second kappa shape index (κ2) is 7.33. The minimum absolute atomic E-state index is 0.00620. The van der Waals surface area contributed by atoms with Crippen LogP contribution >= 0.6 is 0 Å². The molecule has 1 aliphatic heterocycles. The molecule has 0 unspecified atom stereocenters. The van der Waals surface area contributed by atoms with Crippen molar-refractivity contribution in [2.75, 3.05) is 25.0 Å². The number of carbonyl (C=O) groups excluding carboxylic acids is 2. The summed E-state index contributed by atoms with van der Waals surface area (Å²) in [6.45, 7) is 0.480. The fourth-order valence-corrected chi connectivity index (χ4v) is 3.07. The largest absolute Gasteiger partial charge is 0.401 e. The van der Waals surface area contributed by atoms with Crippen molar-refractivity contribution < 1.29 is 22.8 Å². The number of hydrogen-bond donors (Lipinski definition) is 2. The third-order valence-electron chi connectivity index (χ3n) is 4.36. The van der Waals surface area contributed by atoms with Gasteiger partial charge in [-0.15, -0.1) is 0 Å². The lowest BCUT2D eigenvalue weighted by atomic mass is 9.85. The van der Waals surface area contributed by atoms with E-state index in [9.17, 15) is 28.0 Å². The van der Waals surface area contributed by atoms with Crippen LogP contribution in [-0.2, 0) is 10.3 Å². The van der Waals surface area contributed by atoms with Gasteiger partial charge in [-0.25, -0.2) is 0 Å². The first-order valence-electron chi connectivity index (χ1n) is 7.90. The number of alkyl halides is 3. The van der Waals surface area contributed by atoms with Crippen LogP contribution < -0.4 is 11.1 Å². The fourth-order valence-electron chi connectivity index (χ4n) is 3.07. The molecule has 26 heavy (non-hydrogen) atoms. The van der Waals surface area contributed by atoms with Crippen molar-refractivity contribution in [1.29, 1.82) is 5.26 Å². The minimum atomic E-state index is -4.29. The predicted octanol–water partition coefficient (Wildman–Crippen LogP) is 1.21. The van der Waals surface area contributed by atoms with E-state index in [2.05, 4.69) is 10.4 Å². The fraction of sp³-hybridized carbons (Fsp3) is 0.600. The molecule has 1 saturated heterocycles. The highest BCUT2D eigenvalue weighted by Gasteiger charge is 2.41. The monoisotopic (exact) mass is 372 g/mol. The first-order valence-corrected chi connectivity index (χ1v) is 7.90. The highest BCUT2D eigenvalue weighted by Crippen LogP contribution is 2.35. The zero-order valence-electron chi connectivity index (χ0n) is 14.1. The van der Waals surface area contributed by atoms with Gasteiger partial charge in [0.25, 0.3) is 5.91 Å². The third kappa shape index (κ3) is 4.51. The Hall–Kier alpha value is -2.61. The number of halogens is 3. The molecule has 1 fully saturated rings. The van der Waals surface area contributed by atoms with Crippen LogP contribution in [0.1, 0.15) is 36.5 Å². The van der Waals surface area contributed by atoms with Gasteiger partial charge in [0.15, 0.2) is 5.82 Å². The van der Waals surface area contributed by atoms with E-state index in [-0.39, 0.29) is 43.7 Å². The van der Waals surface area contributed by atoms with Crippen LogP contribution in [0.25, 0.3) is 0 Å². The normalized spacial score (nSPS) is 17.5. The van der Waals surface area contributed by atoms with Crippen molar-refractivity contribution in [3.05, 3.63) is 11.8 Å². The summed E-state index contributed by atoms with van der Waals surface area (Å²) in [5.41, 5.74) is 4.42.